The number of nitrogens with one attached hydrogen (secondary N) is 1. The van der Waals surface area contributed by atoms with Gasteiger partial charge in [-0.1, -0.05) is 20.8 Å². The van der Waals surface area contributed by atoms with Crippen LogP contribution in [0.4, 0.5) is 5.95 Å². The normalized spacial score (nSPS) is 11.4. The molecule has 0 saturated heterocycles. The average Bonchev–Trinajstić information content (AvgIpc) is 2.15. The molecule has 0 bridgehead atoms. The zero-order valence-corrected chi connectivity index (χ0v) is 9.46. The minimum absolute atomic E-state index is 0.299. The number of nitrogens with zero attached hydrogens (tertiary/aromatic N) is 2. The summed E-state index contributed by atoms with van der Waals surface area (Å²) < 4.78 is 0. The zero-order chi connectivity index (χ0) is 10.6. The molecule has 3 heteroatoms. The lowest BCUT2D eigenvalue weighted by Gasteiger charge is -2.22. The average molecular weight is 193 g/mol. The second-order valence-corrected chi connectivity index (χ2v) is 4.39. The topological polar surface area (TPSA) is 37.8 Å². The van der Waals surface area contributed by atoms with E-state index < -0.39 is 0 Å². The van der Waals surface area contributed by atoms with E-state index in [9.17, 15) is 0 Å². The maximum absolute atomic E-state index is 4.29. The first-order valence-corrected chi connectivity index (χ1v) is 5.07. The van der Waals surface area contributed by atoms with Crippen molar-refractivity contribution in [3.63, 3.8) is 0 Å². The van der Waals surface area contributed by atoms with Crippen LogP contribution in [-0.4, -0.2) is 16.5 Å². The van der Waals surface area contributed by atoms with Crippen molar-refractivity contribution in [3.8, 4) is 0 Å². The summed E-state index contributed by atoms with van der Waals surface area (Å²) in [5, 5.41) is 3.25. The van der Waals surface area contributed by atoms with Gasteiger partial charge in [0, 0.05) is 18.4 Å². The van der Waals surface area contributed by atoms with Crippen molar-refractivity contribution >= 4 is 5.95 Å². The largest absolute Gasteiger partial charge is 0.354 e. The van der Waals surface area contributed by atoms with Gasteiger partial charge in [0.05, 0.1) is 0 Å². The van der Waals surface area contributed by atoms with E-state index in [-0.39, 0.29) is 0 Å². The van der Waals surface area contributed by atoms with Gasteiger partial charge in [0.25, 0.3) is 0 Å². The van der Waals surface area contributed by atoms with Crippen LogP contribution in [0.25, 0.3) is 0 Å². The van der Waals surface area contributed by atoms with Gasteiger partial charge in [0.1, 0.15) is 0 Å². The third-order valence-corrected chi connectivity index (χ3v) is 2.48. The monoisotopic (exact) mass is 193 g/mol. The van der Waals surface area contributed by atoms with Crippen LogP contribution < -0.4 is 5.32 Å². The zero-order valence-electron chi connectivity index (χ0n) is 9.46. The molecule has 0 radical (unpaired) electrons. The fourth-order valence-corrected chi connectivity index (χ4v) is 0.977. The predicted molar refractivity (Wildman–Crippen MR) is 59.3 cm³/mol. The molecule has 0 saturated carbocycles. The van der Waals surface area contributed by atoms with Crippen LogP contribution in [0.5, 0.6) is 0 Å². The van der Waals surface area contributed by atoms with E-state index >= 15 is 0 Å². The highest BCUT2D eigenvalue weighted by atomic mass is 15.1. The molecule has 1 aromatic rings. The summed E-state index contributed by atoms with van der Waals surface area (Å²) in [6.07, 6.45) is 2.93. The van der Waals surface area contributed by atoms with E-state index in [0.717, 1.165) is 24.6 Å². The van der Waals surface area contributed by atoms with Gasteiger partial charge in [-0.3, -0.25) is 0 Å². The van der Waals surface area contributed by atoms with E-state index in [1.165, 1.54) is 0 Å². The van der Waals surface area contributed by atoms with E-state index in [0.29, 0.717) is 5.41 Å². The highest BCUT2D eigenvalue weighted by Crippen LogP contribution is 2.19. The van der Waals surface area contributed by atoms with Gasteiger partial charge >= 0.3 is 0 Å². The molecule has 0 aliphatic heterocycles. The first kappa shape index (κ1) is 11.0. The Labute approximate surface area is 86.0 Å². The van der Waals surface area contributed by atoms with Crippen molar-refractivity contribution in [1.29, 1.82) is 0 Å². The second kappa shape index (κ2) is 4.40. The van der Waals surface area contributed by atoms with Gasteiger partial charge in [-0.2, -0.15) is 0 Å². The molecule has 1 rings (SSSR count). The third kappa shape index (κ3) is 3.32. The predicted octanol–water partition coefficient (Wildman–Crippen LogP) is 2.63. The van der Waals surface area contributed by atoms with Crippen molar-refractivity contribution in [2.75, 3.05) is 11.9 Å². The summed E-state index contributed by atoms with van der Waals surface area (Å²) >= 11 is 0. The van der Waals surface area contributed by atoms with Crippen LogP contribution in [0.2, 0.25) is 0 Å². The lowest BCUT2D eigenvalue weighted by molar-refractivity contribution is 0.376. The summed E-state index contributed by atoms with van der Waals surface area (Å²) in [4.78, 5) is 8.44. The van der Waals surface area contributed by atoms with Crippen LogP contribution in [0, 0.1) is 12.3 Å². The molecule has 0 atom stereocenters. The molecule has 0 aliphatic rings. The first-order chi connectivity index (χ1) is 6.53. The van der Waals surface area contributed by atoms with Crippen LogP contribution >= 0.6 is 0 Å². The van der Waals surface area contributed by atoms with E-state index in [2.05, 4.69) is 36.1 Å². The highest BCUT2D eigenvalue weighted by Gasteiger charge is 2.14. The minimum Gasteiger partial charge on any atom is -0.354 e. The maximum Gasteiger partial charge on any atom is 0.222 e. The lowest BCUT2D eigenvalue weighted by Crippen LogP contribution is -2.22. The Morgan fingerprint density at radius 3 is 2.71 bits per heavy atom. The number of hydrogen-bond acceptors (Lipinski definition) is 3. The molecule has 0 fully saturated rings. The molecule has 0 aliphatic carbocycles. The Hall–Kier alpha value is -1.12. The molecule has 0 amide bonds. The van der Waals surface area contributed by atoms with Crippen molar-refractivity contribution in [2.24, 2.45) is 5.41 Å². The quantitative estimate of drug-likeness (QED) is 0.798. The Morgan fingerprint density at radius 2 is 2.14 bits per heavy atom. The number of rotatable bonds is 4. The third-order valence-electron chi connectivity index (χ3n) is 2.48. The molecule has 3 nitrogen and oxygen atoms in total. The Bertz CT molecular complexity index is 294. The number of hydrogen-bond donors (Lipinski definition) is 1. The molecule has 1 heterocycles. The second-order valence-electron chi connectivity index (χ2n) is 4.39. The summed E-state index contributed by atoms with van der Waals surface area (Å²) in [6.45, 7) is 9.54. The fourth-order valence-electron chi connectivity index (χ4n) is 0.977. The van der Waals surface area contributed by atoms with Crippen molar-refractivity contribution in [2.45, 2.75) is 34.1 Å². The van der Waals surface area contributed by atoms with Crippen molar-refractivity contribution < 1.29 is 0 Å². The van der Waals surface area contributed by atoms with Gasteiger partial charge in [0.15, 0.2) is 0 Å². The van der Waals surface area contributed by atoms with Gasteiger partial charge in [-0.25, -0.2) is 9.97 Å². The van der Waals surface area contributed by atoms with E-state index in [1.807, 2.05) is 13.0 Å². The lowest BCUT2D eigenvalue weighted by atomic mass is 9.90. The van der Waals surface area contributed by atoms with E-state index in [1.54, 1.807) is 6.20 Å². The molecule has 1 aromatic heterocycles. The van der Waals surface area contributed by atoms with Crippen LogP contribution in [0.3, 0.4) is 0 Å². The Morgan fingerprint density at radius 1 is 1.43 bits per heavy atom. The smallest absolute Gasteiger partial charge is 0.222 e. The summed E-state index contributed by atoms with van der Waals surface area (Å²) in [6, 6.07) is 1.90. The Balaban J connectivity index is 2.54. The number of aromatic nitrogens is 2. The maximum atomic E-state index is 4.29. The molecule has 78 valence electrons. The van der Waals surface area contributed by atoms with Gasteiger partial charge < -0.3 is 5.32 Å². The Kier molecular flexibility index (Phi) is 3.44. The van der Waals surface area contributed by atoms with Crippen molar-refractivity contribution in [3.05, 3.63) is 18.0 Å². The summed E-state index contributed by atoms with van der Waals surface area (Å²) in [7, 11) is 0. The van der Waals surface area contributed by atoms with E-state index in [4.69, 9.17) is 0 Å². The fraction of sp³-hybridized carbons (Fsp3) is 0.636. The SMILES string of the molecule is CCC(C)(C)CNc1nccc(C)n1. The van der Waals surface area contributed by atoms with Gasteiger partial charge in [-0.15, -0.1) is 0 Å². The molecular formula is C11H19N3. The van der Waals surface area contributed by atoms with Gasteiger partial charge in [-0.05, 0) is 24.8 Å². The first-order valence-electron chi connectivity index (χ1n) is 5.07. The standard InChI is InChI=1S/C11H19N3/c1-5-11(3,4)8-13-10-12-7-6-9(2)14-10/h6-7H,5,8H2,1-4H3,(H,12,13,14). The summed E-state index contributed by atoms with van der Waals surface area (Å²) in [5.74, 6) is 0.728. The van der Waals surface area contributed by atoms with Crippen LogP contribution in [-0.2, 0) is 0 Å². The minimum atomic E-state index is 0.299. The summed E-state index contributed by atoms with van der Waals surface area (Å²) in [5.41, 5.74) is 1.30. The molecule has 0 spiro atoms. The van der Waals surface area contributed by atoms with Crippen molar-refractivity contribution in [1.82, 2.24) is 9.97 Å². The molecule has 0 aromatic carbocycles. The molecular weight excluding hydrogens is 174 g/mol. The molecule has 0 unspecified atom stereocenters. The van der Waals surface area contributed by atoms with Crippen LogP contribution in [0.15, 0.2) is 12.3 Å². The molecule has 1 N–H and O–H groups in total. The number of aryl methyl sites for hydroxylation is 1. The number of anilines is 1. The highest BCUT2D eigenvalue weighted by molar-refractivity contribution is 5.24. The van der Waals surface area contributed by atoms with Crippen LogP contribution in [0.1, 0.15) is 32.9 Å². The molecule has 14 heavy (non-hydrogen) atoms. The van der Waals surface area contributed by atoms with Gasteiger partial charge in [0.2, 0.25) is 5.95 Å².